The second-order valence-electron chi connectivity index (χ2n) is 7.63. The zero-order valence-electron chi connectivity index (χ0n) is 13.2. The van der Waals surface area contributed by atoms with Gasteiger partial charge in [-0.15, -0.1) is 0 Å². The molecule has 0 N–H and O–H groups in total. The molecular formula is C19H28O2. The molecule has 0 spiro atoms. The summed E-state index contributed by atoms with van der Waals surface area (Å²) >= 11 is 0. The van der Waals surface area contributed by atoms with Gasteiger partial charge < -0.3 is 4.79 Å². The second kappa shape index (κ2) is 6.46. The van der Waals surface area contributed by atoms with Gasteiger partial charge in [0.05, 0.1) is 0 Å². The van der Waals surface area contributed by atoms with Gasteiger partial charge in [0.2, 0.25) is 0 Å². The molecule has 0 heterocycles. The van der Waals surface area contributed by atoms with Crippen molar-refractivity contribution in [3.05, 3.63) is 12.2 Å². The molecule has 0 aromatic rings. The van der Waals surface area contributed by atoms with Gasteiger partial charge in [-0.25, -0.2) is 0 Å². The van der Waals surface area contributed by atoms with Gasteiger partial charge in [-0.05, 0) is 68.1 Å². The molecule has 0 aromatic carbocycles. The number of fused-ring (bicyclic) bond motifs is 1. The van der Waals surface area contributed by atoms with Crippen LogP contribution in [0.1, 0.15) is 58.3 Å². The van der Waals surface area contributed by atoms with Gasteiger partial charge in [0, 0.05) is 18.8 Å². The van der Waals surface area contributed by atoms with Crippen molar-refractivity contribution in [2.75, 3.05) is 0 Å². The maximum absolute atomic E-state index is 11.6. The third-order valence-electron chi connectivity index (χ3n) is 6.48. The van der Waals surface area contributed by atoms with E-state index < -0.39 is 0 Å². The van der Waals surface area contributed by atoms with E-state index in [-0.39, 0.29) is 0 Å². The maximum Gasteiger partial charge on any atom is 0.133 e. The molecule has 0 amide bonds. The van der Waals surface area contributed by atoms with E-state index in [9.17, 15) is 9.59 Å². The fraction of sp³-hybridized carbons (Fsp3) is 0.789. The molecule has 0 radical (unpaired) electrons. The average molecular weight is 288 g/mol. The normalized spacial score (nSPS) is 42.8. The number of rotatable bonds is 4. The quantitative estimate of drug-likeness (QED) is 0.574. The number of ketones is 1. The molecule has 0 aliphatic heterocycles. The summed E-state index contributed by atoms with van der Waals surface area (Å²) in [5.41, 5.74) is 0. The molecule has 3 aliphatic rings. The van der Waals surface area contributed by atoms with E-state index in [1.807, 2.05) is 0 Å². The lowest BCUT2D eigenvalue weighted by atomic mass is 9.66. The average Bonchev–Trinajstić information content (AvgIpc) is 2.85. The van der Waals surface area contributed by atoms with Crippen molar-refractivity contribution < 1.29 is 9.59 Å². The molecule has 2 nitrogen and oxygen atoms in total. The van der Waals surface area contributed by atoms with Gasteiger partial charge in [0.1, 0.15) is 12.1 Å². The number of hydrogen-bond donors (Lipinski definition) is 0. The van der Waals surface area contributed by atoms with Crippen LogP contribution in [0.15, 0.2) is 12.2 Å². The number of Topliss-reactive ketones (excluding diaryl/α,β-unsaturated/α-hetero) is 1. The molecule has 6 unspecified atom stereocenters. The Kier molecular flexibility index (Phi) is 4.61. The first kappa shape index (κ1) is 15.0. The molecule has 116 valence electrons. The summed E-state index contributed by atoms with van der Waals surface area (Å²) in [6, 6.07) is 0. The number of hydrogen-bond acceptors (Lipinski definition) is 2. The minimum Gasteiger partial charge on any atom is -0.303 e. The van der Waals surface area contributed by atoms with Crippen LogP contribution in [0.2, 0.25) is 0 Å². The lowest BCUT2D eigenvalue weighted by Crippen LogP contribution is -2.32. The van der Waals surface area contributed by atoms with Crippen molar-refractivity contribution in [2.45, 2.75) is 58.3 Å². The van der Waals surface area contributed by atoms with Gasteiger partial charge in [0.25, 0.3) is 0 Å². The molecule has 0 saturated heterocycles. The van der Waals surface area contributed by atoms with Gasteiger partial charge in [0.15, 0.2) is 0 Å². The topological polar surface area (TPSA) is 34.1 Å². The molecule has 0 aromatic heterocycles. The molecular weight excluding hydrogens is 260 g/mol. The predicted molar refractivity (Wildman–Crippen MR) is 83.8 cm³/mol. The summed E-state index contributed by atoms with van der Waals surface area (Å²) in [4.78, 5) is 22.9. The van der Waals surface area contributed by atoms with Crippen LogP contribution in [-0.2, 0) is 9.59 Å². The van der Waals surface area contributed by atoms with E-state index in [4.69, 9.17) is 0 Å². The highest BCUT2D eigenvalue weighted by molar-refractivity contribution is 5.79. The highest BCUT2D eigenvalue weighted by Crippen LogP contribution is 2.44. The molecule has 21 heavy (non-hydrogen) atoms. The number of carbonyl (C=O) groups excluding carboxylic acids is 2. The zero-order valence-corrected chi connectivity index (χ0v) is 13.2. The van der Waals surface area contributed by atoms with E-state index >= 15 is 0 Å². The Morgan fingerprint density at radius 2 is 2.10 bits per heavy atom. The third-order valence-corrected chi connectivity index (χ3v) is 6.48. The van der Waals surface area contributed by atoms with Crippen molar-refractivity contribution in [1.29, 1.82) is 0 Å². The molecule has 6 atom stereocenters. The molecule has 2 heteroatoms. The Labute approximate surface area is 128 Å². The Hall–Kier alpha value is -0.920. The standard InChI is InChI=1S/C19H28O2/c1-13-5-6-16(12-20)18(13)9-7-14-3-2-4-15-11-17(21)8-10-19(14)15/h2,4,12-16,18-19H,3,5-11H2,1H3. The van der Waals surface area contributed by atoms with Gasteiger partial charge in [-0.3, -0.25) is 4.79 Å². The lowest BCUT2D eigenvalue weighted by molar-refractivity contribution is -0.122. The van der Waals surface area contributed by atoms with E-state index in [0.29, 0.717) is 29.5 Å². The molecule has 0 bridgehead atoms. The van der Waals surface area contributed by atoms with Crippen molar-refractivity contribution >= 4 is 12.1 Å². The monoisotopic (exact) mass is 288 g/mol. The summed E-state index contributed by atoms with van der Waals surface area (Å²) < 4.78 is 0. The second-order valence-corrected chi connectivity index (χ2v) is 7.63. The summed E-state index contributed by atoms with van der Waals surface area (Å²) in [5, 5.41) is 0. The van der Waals surface area contributed by atoms with Crippen LogP contribution in [-0.4, -0.2) is 12.1 Å². The number of allylic oxidation sites excluding steroid dienone is 2. The summed E-state index contributed by atoms with van der Waals surface area (Å²) in [7, 11) is 0. The fourth-order valence-corrected chi connectivity index (χ4v) is 5.17. The van der Waals surface area contributed by atoms with Crippen molar-refractivity contribution in [3.63, 3.8) is 0 Å². The van der Waals surface area contributed by atoms with Crippen LogP contribution in [0.3, 0.4) is 0 Å². The number of carbonyl (C=O) groups is 2. The predicted octanol–water partition coefficient (Wildman–Crippen LogP) is 4.19. The summed E-state index contributed by atoms with van der Waals surface area (Å²) in [5.74, 6) is 4.05. The lowest BCUT2D eigenvalue weighted by Gasteiger charge is -2.38. The van der Waals surface area contributed by atoms with E-state index in [2.05, 4.69) is 19.1 Å². The van der Waals surface area contributed by atoms with Crippen molar-refractivity contribution in [3.8, 4) is 0 Å². The smallest absolute Gasteiger partial charge is 0.133 e. The fourth-order valence-electron chi connectivity index (χ4n) is 5.17. The highest BCUT2D eigenvalue weighted by Gasteiger charge is 2.37. The summed E-state index contributed by atoms with van der Waals surface area (Å²) in [6.45, 7) is 2.32. The number of aldehydes is 1. The zero-order chi connectivity index (χ0) is 14.8. The first-order chi connectivity index (χ1) is 10.2. The maximum atomic E-state index is 11.6. The van der Waals surface area contributed by atoms with Crippen LogP contribution in [0.25, 0.3) is 0 Å². The third kappa shape index (κ3) is 3.14. The van der Waals surface area contributed by atoms with E-state index in [1.165, 1.54) is 32.0 Å². The first-order valence-corrected chi connectivity index (χ1v) is 8.82. The van der Waals surface area contributed by atoms with Gasteiger partial charge in [-0.2, -0.15) is 0 Å². The Morgan fingerprint density at radius 1 is 1.24 bits per heavy atom. The largest absolute Gasteiger partial charge is 0.303 e. The van der Waals surface area contributed by atoms with Gasteiger partial charge >= 0.3 is 0 Å². The van der Waals surface area contributed by atoms with Crippen LogP contribution >= 0.6 is 0 Å². The van der Waals surface area contributed by atoms with Crippen LogP contribution in [0, 0.1) is 35.5 Å². The van der Waals surface area contributed by atoms with Crippen LogP contribution < -0.4 is 0 Å². The Balaban J connectivity index is 1.59. The molecule has 3 aliphatic carbocycles. The molecule has 2 fully saturated rings. The van der Waals surface area contributed by atoms with Crippen LogP contribution in [0.5, 0.6) is 0 Å². The van der Waals surface area contributed by atoms with Gasteiger partial charge in [-0.1, -0.05) is 19.1 Å². The molecule has 3 rings (SSSR count). The van der Waals surface area contributed by atoms with Crippen molar-refractivity contribution in [1.82, 2.24) is 0 Å². The van der Waals surface area contributed by atoms with Crippen LogP contribution in [0.4, 0.5) is 0 Å². The Morgan fingerprint density at radius 3 is 2.90 bits per heavy atom. The SMILES string of the molecule is CC1CCC(C=O)C1CCC1CC=CC2CC(=O)CCC21. The minimum atomic E-state index is 0.308. The van der Waals surface area contributed by atoms with E-state index in [1.54, 1.807) is 0 Å². The van der Waals surface area contributed by atoms with Crippen molar-refractivity contribution in [2.24, 2.45) is 35.5 Å². The highest BCUT2D eigenvalue weighted by atomic mass is 16.1. The van der Waals surface area contributed by atoms with E-state index in [0.717, 1.165) is 37.5 Å². The Bertz CT molecular complexity index is 425. The first-order valence-electron chi connectivity index (χ1n) is 8.82. The molecule has 2 saturated carbocycles. The minimum absolute atomic E-state index is 0.308. The summed E-state index contributed by atoms with van der Waals surface area (Å²) in [6.07, 6.45) is 14.4.